The van der Waals surface area contributed by atoms with Gasteiger partial charge < -0.3 is 5.32 Å². The van der Waals surface area contributed by atoms with E-state index in [0.717, 1.165) is 18.5 Å². The highest BCUT2D eigenvalue weighted by Gasteiger charge is 2.05. The second-order valence-corrected chi connectivity index (χ2v) is 8.24. The Morgan fingerprint density at radius 3 is 1.68 bits per heavy atom. The van der Waals surface area contributed by atoms with Crippen LogP contribution in [0.25, 0.3) is 0 Å². The average Bonchev–Trinajstić information content (AvgIpc) is 2.71. The number of hydrogen-bond acceptors (Lipinski definition) is 2. The number of carbonyl (C=O) groups is 2. The maximum Gasteiger partial charge on any atom is 0.224 e. The Morgan fingerprint density at radius 1 is 0.750 bits per heavy atom. The van der Waals surface area contributed by atoms with E-state index in [0.29, 0.717) is 17.3 Å². The van der Waals surface area contributed by atoms with Gasteiger partial charge in [-0.25, -0.2) is 0 Å². The van der Waals surface area contributed by atoms with Crippen LogP contribution in [0.15, 0.2) is 24.3 Å². The Bertz CT molecular complexity index is 542. The number of alkyl halides is 1. The lowest BCUT2D eigenvalue weighted by atomic mass is 10.0. The summed E-state index contributed by atoms with van der Waals surface area (Å²) in [5, 5.41) is 3.22. The van der Waals surface area contributed by atoms with Gasteiger partial charge in [-0.3, -0.25) is 9.59 Å². The van der Waals surface area contributed by atoms with Gasteiger partial charge in [0.15, 0.2) is 5.78 Å². The second kappa shape index (κ2) is 16.8. The number of halogens is 1. The first-order valence-electron chi connectivity index (χ1n) is 11.2. The quantitative estimate of drug-likeness (QED) is 0.150. The molecule has 1 rings (SSSR count). The van der Waals surface area contributed by atoms with Crippen molar-refractivity contribution in [1.29, 1.82) is 0 Å². The van der Waals surface area contributed by atoms with E-state index in [1.807, 2.05) is 0 Å². The molecule has 4 heteroatoms. The lowest BCUT2D eigenvalue weighted by Crippen LogP contribution is -2.11. The number of ketones is 1. The molecule has 28 heavy (non-hydrogen) atoms. The van der Waals surface area contributed by atoms with Gasteiger partial charge in [-0.15, -0.1) is 0 Å². The van der Waals surface area contributed by atoms with Crippen LogP contribution in [0.2, 0.25) is 0 Å². The zero-order chi connectivity index (χ0) is 20.5. The van der Waals surface area contributed by atoms with Crippen LogP contribution in [-0.2, 0) is 4.79 Å². The SMILES string of the molecule is CCCCCCCCCCCCCCCC(=O)Nc1ccc(C(=O)CBr)cc1. The number of rotatable bonds is 17. The monoisotopic (exact) mass is 451 g/mol. The van der Waals surface area contributed by atoms with Crippen molar-refractivity contribution in [2.45, 2.75) is 96.8 Å². The van der Waals surface area contributed by atoms with Gasteiger partial charge in [-0.1, -0.05) is 99.9 Å². The molecular formula is C24H38BrNO2. The third-order valence-electron chi connectivity index (χ3n) is 5.12. The van der Waals surface area contributed by atoms with Gasteiger partial charge in [-0.05, 0) is 30.7 Å². The second-order valence-electron chi connectivity index (χ2n) is 7.67. The number of amides is 1. The molecule has 1 aromatic rings. The van der Waals surface area contributed by atoms with Gasteiger partial charge in [0, 0.05) is 17.7 Å². The summed E-state index contributed by atoms with van der Waals surface area (Å²) in [6.07, 6.45) is 17.6. The molecule has 1 aromatic carbocycles. The molecule has 3 nitrogen and oxygen atoms in total. The predicted octanol–water partition coefficient (Wildman–Crippen LogP) is 7.68. The number of Topliss-reactive ketones (excluding diaryl/α,β-unsaturated/α-hetero) is 1. The Hall–Kier alpha value is -1.16. The molecule has 0 aliphatic carbocycles. The van der Waals surface area contributed by atoms with E-state index in [2.05, 4.69) is 28.2 Å². The number of unbranched alkanes of at least 4 members (excludes halogenated alkanes) is 12. The Kier molecular flexibility index (Phi) is 14.9. The van der Waals surface area contributed by atoms with E-state index >= 15 is 0 Å². The fourth-order valence-corrected chi connectivity index (χ4v) is 3.67. The van der Waals surface area contributed by atoms with Gasteiger partial charge in [0.2, 0.25) is 5.91 Å². The minimum Gasteiger partial charge on any atom is -0.326 e. The van der Waals surface area contributed by atoms with Crippen molar-refractivity contribution in [2.24, 2.45) is 0 Å². The number of carbonyl (C=O) groups excluding carboxylic acids is 2. The van der Waals surface area contributed by atoms with E-state index in [1.165, 1.54) is 70.6 Å². The molecule has 0 unspecified atom stereocenters. The molecule has 0 bridgehead atoms. The van der Waals surface area contributed by atoms with Gasteiger partial charge in [-0.2, -0.15) is 0 Å². The summed E-state index contributed by atoms with van der Waals surface area (Å²) in [4.78, 5) is 23.6. The summed E-state index contributed by atoms with van der Waals surface area (Å²) in [5.41, 5.74) is 1.41. The normalized spacial score (nSPS) is 10.8. The third-order valence-corrected chi connectivity index (χ3v) is 5.63. The van der Waals surface area contributed by atoms with Crippen LogP contribution >= 0.6 is 15.9 Å². The third kappa shape index (κ3) is 12.3. The molecule has 158 valence electrons. The molecule has 1 amide bonds. The molecule has 0 atom stereocenters. The Balaban J connectivity index is 1.96. The number of hydrogen-bond donors (Lipinski definition) is 1. The van der Waals surface area contributed by atoms with E-state index in [4.69, 9.17) is 0 Å². The van der Waals surface area contributed by atoms with E-state index in [1.54, 1.807) is 24.3 Å². The summed E-state index contributed by atoms with van der Waals surface area (Å²) in [7, 11) is 0. The Morgan fingerprint density at radius 2 is 1.21 bits per heavy atom. The zero-order valence-corrected chi connectivity index (χ0v) is 19.2. The summed E-state index contributed by atoms with van der Waals surface area (Å²) < 4.78 is 0. The van der Waals surface area contributed by atoms with Crippen molar-refractivity contribution in [3.05, 3.63) is 29.8 Å². The fourth-order valence-electron chi connectivity index (χ4n) is 3.34. The smallest absolute Gasteiger partial charge is 0.224 e. The Labute approximate surface area is 180 Å². The van der Waals surface area contributed by atoms with Gasteiger partial charge in [0.1, 0.15) is 0 Å². The first-order valence-corrected chi connectivity index (χ1v) is 12.3. The predicted molar refractivity (Wildman–Crippen MR) is 124 cm³/mol. The van der Waals surface area contributed by atoms with Crippen molar-refractivity contribution in [3.63, 3.8) is 0 Å². The van der Waals surface area contributed by atoms with Crippen molar-refractivity contribution in [3.8, 4) is 0 Å². The minimum atomic E-state index is 0.0462. The number of anilines is 1. The molecule has 0 heterocycles. The molecule has 1 N–H and O–H groups in total. The fraction of sp³-hybridized carbons (Fsp3) is 0.667. The summed E-state index contributed by atoms with van der Waals surface area (Å²) in [5.74, 6) is 0.104. The van der Waals surface area contributed by atoms with Crippen LogP contribution in [0, 0.1) is 0 Å². The lowest BCUT2D eigenvalue weighted by molar-refractivity contribution is -0.116. The molecule has 0 saturated heterocycles. The van der Waals surface area contributed by atoms with Crippen LogP contribution in [0.5, 0.6) is 0 Å². The maximum absolute atomic E-state index is 12.0. The van der Waals surface area contributed by atoms with Crippen molar-refractivity contribution < 1.29 is 9.59 Å². The standard InChI is InChI=1S/C24H38BrNO2/c1-2-3-4-5-6-7-8-9-10-11-12-13-14-15-24(28)26-22-18-16-21(17-19-22)23(27)20-25/h16-19H,2-15,20H2,1H3,(H,26,28). The number of nitrogens with one attached hydrogen (secondary N) is 1. The summed E-state index contributed by atoms with van der Waals surface area (Å²) in [6, 6.07) is 7.09. The van der Waals surface area contributed by atoms with Crippen LogP contribution in [0.1, 0.15) is 107 Å². The highest BCUT2D eigenvalue weighted by Crippen LogP contribution is 2.14. The molecule has 0 saturated carbocycles. The lowest BCUT2D eigenvalue weighted by Gasteiger charge is -2.06. The molecule has 0 aliphatic rings. The molecule has 0 aliphatic heterocycles. The van der Waals surface area contributed by atoms with Crippen molar-refractivity contribution >= 4 is 33.3 Å². The summed E-state index contributed by atoms with van der Waals surface area (Å²) >= 11 is 3.16. The molecule has 0 aromatic heterocycles. The van der Waals surface area contributed by atoms with Gasteiger partial charge in [0.25, 0.3) is 0 Å². The van der Waals surface area contributed by atoms with E-state index < -0.39 is 0 Å². The highest BCUT2D eigenvalue weighted by atomic mass is 79.9. The van der Waals surface area contributed by atoms with Gasteiger partial charge >= 0.3 is 0 Å². The van der Waals surface area contributed by atoms with Crippen LogP contribution in [0.4, 0.5) is 5.69 Å². The summed E-state index contributed by atoms with van der Waals surface area (Å²) in [6.45, 7) is 2.27. The molecule has 0 fully saturated rings. The topological polar surface area (TPSA) is 46.2 Å². The van der Waals surface area contributed by atoms with Crippen molar-refractivity contribution in [1.82, 2.24) is 0 Å². The van der Waals surface area contributed by atoms with E-state index in [-0.39, 0.29) is 11.7 Å². The first kappa shape index (κ1) is 24.9. The van der Waals surface area contributed by atoms with E-state index in [9.17, 15) is 9.59 Å². The van der Waals surface area contributed by atoms with Crippen LogP contribution < -0.4 is 5.32 Å². The maximum atomic E-state index is 12.0. The minimum absolute atomic E-state index is 0.0462. The number of benzene rings is 1. The van der Waals surface area contributed by atoms with Crippen LogP contribution in [0.3, 0.4) is 0 Å². The molecular weight excluding hydrogens is 414 g/mol. The molecule has 0 spiro atoms. The molecule has 0 radical (unpaired) electrons. The average molecular weight is 452 g/mol. The zero-order valence-electron chi connectivity index (χ0n) is 17.6. The van der Waals surface area contributed by atoms with Gasteiger partial charge in [0.05, 0.1) is 5.33 Å². The van der Waals surface area contributed by atoms with Crippen LogP contribution in [-0.4, -0.2) is 17.0 Å². The largest absolute Gasteiger partial charge is 0.326 e. The van der Waals surface area contributed by atoms with Crippen molar-refractivity contribution in [2.75, 3.05) is 10.6 Å². The first-order chi connectivity index (χ1) is 13.7. The highest BCUT2D eigenvalue weighted by molar-refractivity contribution is 9.09.